The summed E-state index contributed by atoms with van der Waals surface area (Å²) in [5, 5.41) is 2.50. The van der Waals surface area contributed by atoms with Crippen LogP contribution in [-0.4, -0.2) is 22.5 Å². The van der Waals surface area contributed by atoms with Crippen molar-refractivity contribution in [2.75, 3.05) is 6.54 Å². The summed E-state index contributed by atoms with van der Waals surface area (Å²) < 4.78 is 32.7. The van der Waals surface area contributed by atoms with Crippen LogP contribution in [0.4, 0.5) is 14.5 Å². The number of hydrogen-bond donors (Lipinski definition) is 0. The molecule has 1 amide bonds. The molecule has 4 aromatic carbocycles. The second kappa shape index (κ2) is 10.3. The number of nitrogens with zero attached hydrogens (tertiary/aromatic N) is 2. The molecule has 0 unspecified atom stereocenters. The van der Waals surface area contributed by atoms with Gasteiger partial charge in [-0.15, -0.1) is 0 Å². The minimum absolute atomic E-state index is 0.152. The number of rotatable bonds is 6. The highest BCUT2D eigenvalue weighted by Crippen LogP contribution is 2.38. The molecule has 0 aromatic heterocycles. The van der Waals surface area contributed by atoms with E-state index in [1.165, 1.54) is 36.0 Å². The predicted molar refractivity (Wildman–Crippen MR) is 141 cm³/mol. The molecule has 1 fully saturated rings. The monoisotopic (exact) mass is 500 g/mol. The van der Waals surface area contributed by atoms with Crippen LogP contribution in [0.15, 0.2) is 94.8 Å². The molecule has 1 aliphatic heterocycles. The largest absolute Gasteiger partial charge is 0.488 e. The molecule has 36 heavy (non-hydrogen) atoms. The van der Waals surface area contributed by atoms with E-state index in [0.29, 0.717) is 28.1 Å². The summed E-state index contributed by atoms with van der Waals surface area (Å²) in [6.45, 7) is 2.59. The maximum absolute atomic E-state index is 13.3. The minimum Gasteiger partial charge on any atom is -0.488 e. The van der Waals surface area contributed by atoms with Crippen molar-refractivity contribution in [1.82, 2.24) is 4.90 Å². The van der Waals surface area contributed by atoms with Crippen molar-refractivity contribution in [3.63, 3.8) is 0 Å². The summed E-state index contributed by atoms with van der Waals surface area (Å²) in [7, 11) is 0. The standard InChI is InChI=1S/C29H22F2N2O2S/c1-2-33-28(34)27(36-29(33)32-23-14-12-22(31)13-15-23)17-25-24-6-4-3-5-20(24)9-16-26(25)35-18-19-7-10-21(30)11-8-19/h3-17H,2,18H2,1H3/b27-17+,32-29?. The molecular formula is C29H22F2N2O2S. The Morgan fingerprint density at radius 3 is 2.33 bits per heavy atom. The molecule has 0 N–H and O–H groups in total. The van der Waals surface area contributed by atoms with Gasteiger partial charge in [-0.25, -0.2) is 13.8 Å². The van der Waals surface area contributed by atoms with Crippen LogP contribution in [0.5, 0.6) is 5.75 Å². The molecule has 4 nitrogen and oxygen atoms in total. The van der Waals surface area contributed by atoms with Gasteiger partial charge in [0, 0.05) is 12.1 Å². The maximum Gasteiger partial charge on any atom is 0.266 e. The van der Waals surface area contributed by atoms with Crippen molar-refractivity contribution in [3.8, 4) is 5.75 Å². The van der Waals surface area contributed by atoms with Crippen molar-refractivity contribution in [3.05, 3.63) is 113 Å². The Morgan fingerprint density at radius 2 is 1.61 bits per heavy atom. The second-order valence-corrected chi connectivity index (χ2v) is 9.15. The molecule has 5 rings (SSSR count). The molecule has 1 saturated heterocycles. The fourth-order valence-corrected chi connectivity index (χ4v) is 4.96. The lowest BCUT2D eigenvalue weighted by molar-refractivity contribution is -0.122. The Morgan fingerprint density at radius 1 is 0.917 bits per heavy atom. The smallest absolute Gasteiger partial charge is 0.266 e. The number of benzene rings is 4. The van der Waals surface area contributed by atoms with Gasteiger partial charge in [-0.05, 0) is 83.6 Å². The topological polar surface area (TPSA) is 41.9 Å². The first-order valence-electron chi connectivity index (χ1n) is 11.5. The lowest BCUT2D eigenvalue weighted by Gasteiger charge is -2.13. The highest BCUT2D eigenvalue weighted by Gasteiger charge is 2.32. The molecule has 0 radical (unpaired) electrons. The molecule has 7 heteroatoms. The van der Waals surface area contributed by atoms with E-state index < -0.39 is 0 Å². The molecule has 0 bridgehead atoms. The SMILES string of the molecule is CCN1C(=O)/C(=C\c2c(OCc3ccc(F)cc3)ccc3ccccc23)SC1=Nc1ccc(F)cc1. The van der Waals surface area contributed by atoms with Crippen LogP contribution in [0.25, 0.3) is 16.8 Å². The van der Waals surface area contributed by atoms with Crippen molar-refractivity contribution in [2.24, 2.45) is 4.99 Å². The quantitative estimate of drug-likeness (QED) is 0.261. The van der Waals surface area contributed by atoms with Gasteiger partial charge in [0.25, 0.3) is 5.91 Å². The number of thioether (sulfide) groups is 1. The Labute approximate surface area is 211 Å². The summed E-state index contributed by atoms with van der Waals surface area (Å²) in [4.78, 5) is 20.0. The number of ether oxygens (including phenoxy) is 1. The third-order valence-electron chi connectivity index (χ3n) is 5.77. The van der Waals surface area contributed by atoms with Gasteiger partial charge in [-0.1, -0.05) is 42.5 Å². The lowest BCUT2D eigenvalue weighted by Crippen LogP contribution is -2.28. The predicted octanol–water partition coefficient (Wildman–Crippen LogP) is 7.32. The first-order chi connectivity index (χ1) is 17.5. The zero-order valence-electron chi connectivity index (χ0n) is 19.4. The molecule has 0 atom stereocenters. The fourth-order valence-electron chi connectivity index (χ4n) is 3.92. The van der Waals surface area contributed by atoms with E-state index in [2.05, 4.69) is 4.99 Å². The van der Waals surface area contributed by atoms with E-state index >= 15 is 0 Å². The van der Waals surface area contributed by atoms with Crippen LogP contribution < -0.4 is 4.74 Å². The van der Waals surface area contributed by atoms with E-state index in [1.807, 2.05) is 49.4 Å². The fraction of sp³-hybridized carbons (Fsp3) is 0.103. The molecular weight excluding hydrogens is 478 g/mol. The number of fused-ring (bicyclic) bond motifs is 1. The number of hydrogen-bond acceptors (Lipinski definition) is 4. The van der Waals surface area contributed by atoms with E-state index in [9.17, 15) is 13.6 Å². The van der Waals surface area contributed by atoms with Crippen LogP contribution in [0, 0.1) is 11.6 Å². The summed E-state index contributed by atoms with van der Waals surface area (Å²) in [5.41, 5.74) is 2.19. The van der Waals surface area contributed by atoms with Gasteiger partial charge >= 0.3 is 0 Å². The van der Waals surface area contributed by atoms with Crippen LogP contribution >= 0.6 is 11.8 Å². The minimum atomic E-state index is -0.342. The average Bonchev–Trinajstić information content (AvgIpc) is 3.19. The molecule has 1 aliphatic rings. The first-order valence-corrected chi connectivity index (χ1v) is 12.3. The van der Waals surface area contributed by atoms with Crippen molar-refractivity contribution < 1.29 is 18.3 Å². The average molecular weight is 501 g/mol. The number of carbonyl (C=O) groups is 1. The Balaban J connectivity index is 1.52. The maximum atomic E-state index is 13.3. The van der Waals surface area contributed by atoms with Crippen LogP contribution in [0.3, 0.4) is 0 Å². The van der Waals surface area contributed by atoms with Crippen LogP contribution in [0.1, 0.15) is 18.1 Å². The van der Waals surface area contributed by atoms with Gasteiger partial charge in [0.15, 0.2) is 5.17 Å². The van der Waals surface area contributed by atoms with Crippen molar-refractivity contribution in [2.45, 2.75) is 13.5 Å². The Kier molecular flexibility index (Phi) is 6.82. The number of aliphatic imine (C=N–C) groups is 1. The molecule has 0 saturated carbocycles. The Hall–Kier alpha value is -3.97. The number of amidine groups is 1. The van der Waals surface area contributed by atoms with E-state index in [1.54, 1.807) is 29.2 Å². The van der Waals surface area contributed by atoms with E-state index in [0.717, 1.165) is 21.9 Å². The molecule has 0 aliphatic carbocycles. The van der Waals surface area contributed by atoms with E-state index in [-0.39, 0.29) is 24.1 Å². The highest BCUT2D eigenvalue weighted by molar-refractivity contribution is 8.18. The van der Waals surface area contributed by atoms with Crippen molar-refractivity contribution in [1.29, 1.82) is 0 Å². The number of carbonyl (C=O) groups excluding carboxylic acids is 1. The molecule has 180 valence electrons. The van der Waals surface area contributed by atoms with Crippen LogP contribution in [0.2, 0.25) is 0 Å². The second-order valence-electron chi connectivity index (χ2n) is 8.14. The first kappa shape index (κ1) is 23.8. The number of halogens is 2. The molecule has 1 heterocycles. The van der Waals surface area contributed by atoms with Gasteiger partial charge in [0.1, 0.15) is 24.0 Å². The third-order valence-corrected chi connectivity index (χ3v) is 6.78. The molecule has 0 spiro atoms. The van der Waals surface area contributed by atoms with Gasteiger partial charge in [-0.3, -0.25) is 9.69 Å². The van der Waals surface area contributed by atoms with Crippen LogP contribution in [-0.2, 0) is 11.4 Å². The number of likely N-dealkylation sites (N-methyl/N-ethyl adjacent to an activating group) is 1. The summed E-state index contributed by atoms with van der Waals surface area (Å²) in [6.07, 6.45) is 1.84. The summed E-state index contributed by atoms with van der Waals surface area (Å²) >= 11 is 1.28. The Bertz CT molecular complexity index is 1480. The van der Waals surface area contributed by atoms with Gasteiger partial charge in [-0.2, -0.15) is 0 Å². The summed E-state index contributed by atoms with van der Waals surface area (Å²) in [5.74, 6) is -0.178. The number of amides is 1. The van der Waals surface area contributed by atoms with E-state index in [4.69, 9.17) is 4.74 Å². The van der Waals surface area contributed by atoms with Crippen molar-refractivity contribution >= 4 is 45.4 Å². The lowest BCUT2D eigenvalue weighted by atomic mass is 10.0. The van der Waals surface area contributed by atoms with Gasteiger partial charge in [0.05, 0.1) is 10.6 Å². The highest BCUT2D eigenvalue weighted by atomic mass is 32.2. The normalized spacial score (nSPS) is 15.9. The van der Waals surface area contributed by atoms with Gasteiger partial charge in [0.2, 0.25) is 0 Å². The zero-order chi connectivity index (χ0) is 25.1. The third kappa shape index (κ3) is 5.02. The summed E-state index contributed by atoms with van der Waals surface area (Å²) in [6, 6.07) is 23.8. The zero-order valence-corrected chi connectivity index (χ0v) is 20.3. The van der Waals surface area contributed by atoms with Gasteiger partial charge < -0.3 is 4.74 Å². The molecule has 4 aromatic rings.